The molecule has 2 heterocycles. The van der Waals surface area contributed by atoms with E-state index in [1.165, 1.54) is 0 Å². The van der Waals surface area contributed by atoms with Gasteiger partial charge in [0.2, 0.25) is 5.89 Å². The van der Waals surface area contributed by atoms with Crippen molar-refractivity contribution in [3.63, 3.8) is 0 Å². The maximum Gasteiger partial charge on any atom is 0.246 e. The fourth-order valence-electron chi connectivity index (χ4n) is 1.62. The van der Waals surface area contributed by atoms with Gasteiger partial charge in [-0.25, -0.2) is 4.98 Å². The molecule has 0 atom stereocenters. The van der Waals surface area contributed by atoms with Crippen LogP contribution in [-0.4, -0.2) is 28.1 Å². The third kappa shape index (κ3) is 4.52. The van der Waals surface area contributed by atoms with Gasteiger partial charge in [-0.1, -0.05) is 19.0 Å². The number of aryl methyl sites for hydroxylation is 1. The van der Waals surface area contributed by atoms with E-state index in [9.17, 15) is 0 Å². The van der Waals surface area contributed by atoms with Gasteiger partial charge >= 0.3 is 0 Å². The van der Waals surface area contributed by atoms with Crippen molar-refractivity contribution < 1.29 is 4.52 Å². The summed E-state index contributed by atoms with van der Waals surface area (Å²) in [6.45, 7) is 7.14. The Morgan fingerprint density at radius 2 is 2.10 bits per heavy atom. The van der Waals surface area contributed by atoms with Crippen LogP contribution in [-0.2, 0) is 13.1 Å². The maximum absolute atomic E-state index is 5.03. The highest BCUT2D eigenvalue weighted by atomic mass is 32.1. The number of aliphatic imine (C=N–C) groups is 1. The van der Waals surface area contributed by atoms with Gasteiger partial charge in [0, 0.05) is 12.4 Å². The van der Waals surface area contributed by atoms with Crippen LogP contribution in [0.4, 0.5) is 0 Å². The topological polar surface area (TPSA) is 88.2 Å². The van der Waals surface area contributed by atoms with Crippen LogP contribution in [0.15, 0.2) is 14.9 Å². The highest BCUT2D eigenvalue weighted by molar-refractivity contribution is 7.09. The molecule has 0 unspecified atom stereocenters. The van der Waals surface area contributed by atoms with Crippen LogP contribution in [0.5, 0.6) is 0 Å². The highest BCUT2D eigenvalue weighted by Gasteiger charge is 2.07. The van der Waals surface area contributed by atoms with Crippen LogP contribution in [0.2, 0.25) is 0 Å². The van der Waals surface area contributed by atoms with Gasteiger partial charge in [0.05, 0.1) is 18.8 Å². The molecule has 0 saturated heterocycles. The minimum atomic E-state index is 0.440. The molecule has 114 valence electrons. The lowest BCUT2D eigenvalue weighted by atomic mass is 10.2. The Labute approximate surface area is 127 Å². The lowest BCUT2D eigenvalue weighted by Crippen LogP contribution is -2.36. The van der Waals surface area contributed by atoms with Crippen molar-refractivity contribution in [1.82, 2.24) is 25.8 Å². The molecule has 2 N–H and O–H groups in total. The summed E-state index contributed by atoms with van der Waals surface area (Å²) in [7, 11) is 1.72. The molecule has 0 saturated carbocycles. The van der Waals surface area contributed by atoms with E-state index in [1.54, 1.807) is 25.3 Å². The van der Waals surface area contributed by atoms with Crippen molar-refractivity contribution in [3.8, 4) is 0 Å². The monoisotopic (exact) mass is 308 g/mol. The summed E-state index contributed by atoms with van der Waals surface area (Å²) in [5.74, 6) is 2.28. The van der Waals surface area contributed by atoms with E-state index >= 15 is 0 Å². The molecule has 21 heavy (non-hydrogen) atoms. The molecule has 0 spiro atoms. The van der Waals surface area contributed by atoms with Gasteiger partial charge in [0.15, 0.2) is 11.8 Å². The fraction of sp³-hybridized carbons (Fsp3) is 0.538. The van der Waals surface area contributed by atoms with Crippen molar-refractivity contribution in [3.05, 3.63) is 27.8 Å². The number of thiazole rings is 1. The van der Waals surface area contributed by atoms with Gasteiger partial charge in [-0.05, 0) is 12.8 Å². The molecule has 0 aliphatic heterocycles. The van der Waals surface area contributed by atoms with E-state index < -0.39 is 0 Å². The number of rotatable bonds is 5. The van der Waals surface area contributed by atoms with Crippen LogP contribution in [0.25, 0.3) is 0 Å². The largest absolute Gasteiger partial charge is 0.350 e. The Bertz CT molecular complexity index is 603. The molecular formula is C13H20N6OS. The van der Waals surface area contributed by atoms with Crippen LogP contribution < -0.4 is 10.6 Å². The molecule has 0 bridgehead atoms. The summed E-state index contributed by atoms with van der Waals surface area (Å²) >= 11 is 1.65. The molecule has 0 radical (unpaired) electrons. The quantitative estimate of drug-likeness (QED) is 0.647. The number of hydrogen-bond donors (Lipinski definition) is 2. The van der Waals surface area contributed by atoms with E-state index in [1.807, 2.05) is 0 Å². The highest BCUT2D eigenvalue weighted by Crippen LogP contribution is 2.17. The van der Waals surface area contributed by atoms with Crippen molar-refractivity contribution in [2.45, 2.75) is 39.8 Å². The second kappa shape index (κ2) is 7.16. The number of nitrogens with zero attached hydrogens (tertiary/aromatic N) is 4. The lowest BCUT2D eigenvalue weighted by molar-refractivity contribution is 0.371. The van der Waals surface area contributed by atoms with Crippen LogP contribution in [0.3, 0.4) is 0 Å². The fourth-order valence-corrected chi connectivity index (χ4v) is 2.52. The standard InChI is InChI=1S/C13H20N6OS/c1-8(2)10-7-21-12(18-10)6-16-13(14-4)15-5-11-17-9(3)19-20-11/h7-8H,5-6H2,1-4H3,(H2,14,15,16). The Hall–Kier alpha value is -1.96. The summed E-state index contributed by atoms with van der Waals surface area (Å²) < 4.78 is 5.03. The molecule has 0 amide bonds. The molecule has 0 fully saturated rings. The second-order valence-electron chi connectivity index (χ2n) is 4.84. The average molecular weight is 308 g/mol. The van der Waals surface area contributed by atoms with Crippen molar-refractivity contribution in [2.75, 3.05) is 7.05 Å². The Kier molecular flexibility index (Phi) is 5.26. The summed E-state index contributed by atoms with van der Waals surface area (Å²) in [5.41, 5.74) is 1.13. The predicted octanol–water partition coefficient (Wildman–Crippen LogP) is 1.82. The zero-order valence-corrected chi connectivity index (χ0v) is 13.5. The zero-order valence-electron chi connectivity index (χ0n) is 12.7. The van der Waals surface area contributed by atoms with Crippen molar-refractivity contribution >= 4 is 17.3 Å². The molecule has 8 heteroatoms. The number of hydrogen-bond acceptors (Lipinski definition) is 6. The van der Waals surface area contributed by atoms with Crippen molar-refractivity contribution in [1.29, 1.82) is 0 Å². The number of aromatic nitrogens is 3. The minimum Gasteiger partial charge on any atom is -0.350 e. The Balaban J connectivity index is 1.82. The SMILES string of the molecule is CN=C(NCc1nc(C)no1)NCc1nc(C(C)C)cs1. The van der Waals surface area contributed by atoms with E-state index in [0.29, 0.717) is 36.7 Å². The molecule has 2 rings (SSSR count). The maximum atomic E-state index is 5.03. The smallest absolute Gasteiger partial charge is 0.246 e. The number of guanidine groups is 1. The molecule has 2 aromatic rings. The van der Waals surface area contributed by atoms with E-state index in [4.69, 9.17) is 4.52 Å². The second-order valence-corrected chi connectivity index (χ2v) is 5.78. The lowest BCUT2D eigenvalue weighted by Gasteiger charge is -2.08. The third-order valence-electron chi connectivity index (χ3n) is 2.77. The normalized spacial score (nSPS) is 12.0. The first-order valence-corrected chi connectivity index (χ1v) is 7.64. The molecule has 0 aliphatic carbocycles. The van der Waals surface area contributed by atoms with Gasteiger partial charge in [-0.2, -0.15) is 4.98 Å². The number of nitrogens with one attached hydrogen (secondary N) is 2. The Morgan fingerprint density at radius 1 is 1.33 bits per heavy atom. The summed E-state index contributed by atoms with van der Waals surface area (Å²) in [6.07, 6.45) is 0. The van der Waals surface area contributed by atoms with E-state index in [0.717, 1.165) is 10.7 Å². The summed E-state index contributed by atoms with van der Waals surface area (Å²) in [6, 6.07) is 0. The minimum absolute atomic E-state index is 0.440. The van der Waals surface area contributed by atoms with E-state index in [2.05, 4.69) is 50.0 Å². The summed E-state index contributed by atoms with van der Waals surface area (Å²) in [5, 5.41) is 13.2. The third-order valence-corrected chi connectivity index (χ3v) is 3.64. The Morgan fingerprint density at radius 3 is 2.67 bits per heavy atom. The summed E-state index contributed by atoms with van der Waals surface area (Å²) in [4.78, 5) is 12.8. The van der Waals surface area contributed by atoms with Crippen molar-refractivity contribution in [2.24, 2.45) is 4.99 Å². The average Bonchev–Trinajstić information content (AvgIpc) is 3.08. The predicted molar refractivity (Wildman–Crippen MR) is 82.3 cm³/mol. The van der Waals surface area contributed by atoms with Gasteiger partial charge in [-0.15, -0.1) is 11.3 Å². The van der Waals surface area contributed by atoms with Gasteiger partial charge in [0.1, 0.15) is 5.01 Å². The first-order chi connectivity index (χ1) is 10.1. The molecular weight excluding hydrogens is 288 g/mol. The molecule has 0 aliphatic rings. The van der Waals surface area contributed by atoms with Crippen LogP contribution in [0, 0.1) is 6.92 Å². The molecule has 0 aromatic carbocycles. The van der Waals surface area contributed by atoms with E-state index in [-0.39, 0.29) is 0 Å². The van der Waals surface area contributed by atoms with Gasteiger partial charge in [-0.3, -0.25) is 4.99 Å². The first kappa shape index (κ1) is 15.4. The van der Waals surface area contributed by atoms with Gasteiger partial charge < -0.3 is 15.2 Å². The molecule has 7 nitrogen and oxygen atoms in total. The van der Waals surface area contributed by atoms with Crippen LogP contribution >= 0.6 is 11.3 Å². The first-order valence-electron chi connectivity index (χ1n) is 6.76. The molecule has 2 aromatic heterocycles. The van der Waals surface area contributed by atoms with Crippen LogP contribution in [0.1, 0.15) is 42.2 Å². The van der Waals surface area contributed by atoms with Gasteiger partial charge in [0.25, 0.3) is 0 Å². The zero-order chi connectivity index (χ0) is 15.2.